The maximum atomic E-state index is 11.7. The maximum absolute atomic E-state index is 11.7. The van der Waals surface area contributed by atoms with Crippen molar-refractivity contribution in [3.63, 3.8) is 0 Å². The van der Waals surface area contributed by atoms with Crippen LogP contribution in [0.1, 0.15) is 18.3 Å². The van der Waals surface area contributed by atoms with Crippen LogP contribution in [-0.4, -0.2) is 53.4 Å². The van der Waals surface area contributed by atoms with Gasteiger partial charge >= 0.3 is 0 Å². The van der Waals surface area contributed by atoms with Crippen LogP contribution >= 0.6 is 0 Å². The fourth-order valence-electron chi connectivity index (χ4n) is 2.73. The molecule has 2 saturated heterocycles. The summed E-state index contributed by atoms with van der Waals surface area (Å²) in [5.41, 5.74) is -0.696. The first-order valence-electron chi connectivity index (χ1n) is 5.94. The fourth-order valence-corrected chi connectivity index (χ4v) is 4.67. The number of hydrogen-bond acceptors (Lipinski definition) is 6. The van der Waals surface area contributed by atoms with Crippen LogP contribution in [0.15, 0.2) is 6.33 Å². The van der Waals surface area contributed by atoms with E-state index in [9.17, 15) is 8.42 Å². The zero-order valence-corrected chi connectivity index (χ0v) is 11.0. The first-order chi connectivity index (χ1) is 8.51. The lowest BCUT2D eigenvalue weighted by molar-refractivity contribution is -0.0820. The van der Waals surface area contributed by atoms with Crippen LogP contribution in [0.25, 0.3) is 0 Å². The summed E-state index contributed by atoms with van der Waals surface area (Å²) >= 11 is 0. The minimum atomic E-state index is -3.02. The summed E-state index contributed by atoms with van der Waals surface area (Å²) in [5, 5.41) is 7.56. The summed E-state index contributed by atoms with van der Waals surface area (Å²) in [6, 6.07) is -0.246. The summed E-state index contributed by atoms with van der Waals surface area (Å²) in [6.07, 6.45) is 2.12. The molecule has 0 bridgehead atoms. The predicted octanol–water partition coefficient (Wildman–Crippen LogP) is -0.967. The predicted molar refractivity (Wildman–Crippen MR) is 63.7 cm³/mol. The van der Waals surface area contributed by atoms with Gasteiger partial charge in [0, 0.05) is 13.6 Å². The van der Waals surface area contributed by atoms with Crippen molar-refractivity contribution >= 4 is 9.84 Å². The van der Waals surface area contributed by atoms with Crippen molar-refractivity contribution in [2.75, 3.05) is 24.7 Å². The van der Waals surface area contributed by atoms with Crippen LogP contribution in [0, 0.1) is 0 Å². The molecule has 1 N–H and O–H groups in total. The smallest absolute Gasteiger partial charge is 0.170 e. The van der Waals surface area contributed by atoms with Gasteiger partial charge in [-0.1, -0.05) is 0 Å². The number of hydrogen-bond donors (Lipinski definition) is 1. The molecule has 0 aromatic carbocycles. The van der Waals surface area contributed by atoms with Gasteiger partial charge in [-0.25, -0.2) is 13.4 Å². The molecule has 100 valence electrons. The molecule has 3 rings (SSSR count). The quantitative estimate of drug-likeness (QED) is 0.708. The molecule has 2 unspecified atom stereocenters. The van der Waals surface area contributed by atoms with Gasteiger partial charge in [0.1, 0.15) is 11.9 Å². The highest BCUT2D eigenvalue weighted by Crippen LogP contribution is 2.39. The second-order valence-corrected chi connectivity index (χ2v) is 7.10. The van der Waals surface area contributed by atoms with Gasteiger partial charge in [-0.3, -0.25) is 4.68 Å². The normalized spacial score (nSPS) is 35.1. The Labute approximate surface area is 105 Å². The average molecular weight is 272 g/mol. The van der Waals surface area contributed by atoms with E-state index in [-0.39, 0.29) is 17.5 Å². The van der Waals surface area contributed by atoms with E-state index >= 15 is 0 Å². The Morgan fingerprint density at radius 2 is 2.44 bits per heavy atom. The molecule has 0 amide bonds. The first-order valence-corrected chi connectivity index (χ1v) is 7.76. The summed E-state index contributed by atoms with van der Waals surface area (Å²) in [5.74, 6) is 0.836. The average Bonchev–Trinajstić information content (AvgIpc) is 2.85. The molecule has 7 nitrogen and oxygen atoms in total. The Hall–Kier alpha value is -0.990. The SMILES string of the molecule is Cn1cnc(C2NCCOC23CCS(=O)(=O)C3)n1. The van der Waals surface area contributed by atoms with Crippen molar-refractivity contribution < 1.29 is 13.2 Å². The number of morpholine rings is 1. The molecule has 2 atom stereocenters. The third-order valence-electron chi connectivity index (χ3n) is 3.54. The van der Waals surface area contributed by atoms with Gasteiger partial charge in [0.05, 0.1) is 24.2 Å². The Morgan fingerprint density at radius 1 is 1.61 bits per heavy atom. The lowest BCUT2D eigenvalue weighted by atomic mass is 9.91. The lowest BCUT2D eigenvalue weighted by Crippen LogP contribution is -2.53. The summed E-state index contributed by atoms with van der Waals surface area (Å²) in [6.45, 7) is 1.21. The number of ether oxygens (including phenoxy) is 1. The van der Waals surface area contributed by atoms with E-state index in [1.54, 1.807) is 18.1 Å². The van der Waals surface area contributed by atoms with Crippen LogP contribution < -0.4 is 5.32 Å². The molecule has 0 radical (unpaired) electrons. The largest absolute Gasteiger partial charge is 0.370 e. The molecule has 1 aromatic heterocycles. The Morgan fingerprint density at radius 3 is 3.06 bits per heavy atom. The van der Waals surface area contributed by atoms with Gasteiger partial charge < -0.3 is 10.1 Å². The first kappa shape index (κ1) is 12.1. The van der Waals surface area contributed by atoms with Crippen LogP contribution in [0.2, 0.25) is 0 Å². The monoisotopic (exact) mass is 272 g/mol. The zero-order valence-electron chi connectivity index (χ0n) is 10.2. The van der Waals surface area contributed by atoms with Gasteiger partial charge in [-0.05, 0) is 6.42 Å². The van der Waals surface area contributed by atoms with Crippen molar-refractivity contribution in [2.24, 2.45) is 7.05 Å². The number of aromatic nitrogens is 3. The molecule has 2 aliphatic heterocycles. The van der Waals surface area contributed by atoms with Crippen LogP contribution in [0.5, 0.6) is 0 Å². The maximum Gasteiger partial charge on any atom is 0.170 e. The molecule has 2 fully saturated rings. The third kappa shape index (κ3) is 1.94. The van der Waals surface area contributed by atoms with E-state index in [1.165, 1.54) is 0 Å². The standard InChI is InChI=1S/C10H16N4O3S/c1-14-7-12-9(13-14)8-10(17-4-3-11-8)2-5-18(15,16)6-10/h7-8,11H,2-6H2,1H3. The highest BCUT2D eigenvalue weighted by molar-refractivity contribution is 7.91. The molecule has 8 heteroatoms. The zero-order chi connectivity index (χ0) is 12.8. The molecule has 18 heavy (non-hydrogen) atoms. The minimum Gasteiger partial charge on any atom is -0.370 e. The number of aryl methyl sites for hydroxylation is 1. The Kier molecular flexibility index (Phi) is 2.68. The Balaban J connectivity index is 1.96. The second kappa shape index (κ2) is 4.01. The van der Waals surface area contributed by atoms with Crippen LogP contribution in [0.4, 0.5) is 0 Å². The molecular formula is C10H16N4O3S. The van der Waals surface area contributed by atoms with Gasteiger partial charge in [-0.2, -0.15) is 5.10 Å². The van der Waals surface area contributed by atoms with Crippen molar-refractivity contribution in [3.8, 4) is 0 Å². The Bertz CT molecular complexity index is 555. The third-order valence-corrected chi connectivity index (χ3v) is 5.30. The van der Waals surface area contributed by atoms with Gasteiger partial charge in [-0.15, -0.1) is 0 Å². The highest BCUT2D eigenvalue weighted by Gasteiger charge is 2.52. The molecular weight excluding hydrogens is 256 g/mol. The summed E-state index contributed by atoms with van der Waals surface area (Å²) < 4.78 is 30.9. The number of nitrogens with one attached hydrogen (secondary N) is 1. The lowest BCUT2D eigenvalue weighted by Gasteiger charge is -2.39. The molecule has 0 aliphatic carbocycles. The van der Waals surface area contributed by atoms with E-state index < -0.39 is 15.4 Å². The van der Waals surface area contributed by atoms with Gasteiger partial charge in [0.2, 0.25) is 0 Å². The molecule has 1 spiro atoms. The minimum absolute atomic E-state index is 0.0515. The number of nitrogens with zero attached hydrogens (tertiary/aromatic N) is 3. The highest BCUT2D eigenvalue weighted by atomic mass is 32.2. The van der Waals surface area contributed by atoms with E-state index in [0.29, 0.717) is 25.4 Å². The molecule has 0 saturated carbocycles. The molecule has 2 aliphatic rings. The summed E-state index contributed by atoms with van der Waals surface area (Å²) in [7, 11) is -1.23. The van der Waals surface area contributed by atoms with Crippen LogP contribution in [-0.2, 0) is 21.6 Å². The number of sulfone groups is 1. The van der Waals surface area contributed by atoms with Crippen molar-refractivity contribution in [1.82, 2.24) is 20.1 Å². The van der Waals surface area contributed by atoms with E-state index in [4.69, 9.17) is 4.74 Å². The summed E-state index contributed by atoms with van der Waals surface area (Å²) in [4.78, 5) is 4.22. The van der Waals surface area contributed by atoms with E-state index in [0.717, 1.165) is 0 Å². The van der Waals surface area contributed by atoms with Gasteiger partial charge in [0.25, 0.3) is 0 Å². The second-order valence-electron chi connectivity index (χ2n) is 4.92. The van der Waals surface area contributed by atoms with E-state index in [1.807, 2.05) is 0 Å². The number of rotatable bonds is 1. The van der Waals surface area contributed by atoms with Gasteiger partial charge in [0.15, 0.2) is 15.7 Å². The van der Waals surface area contributed by atoms with E-state index in [2.05, 4.69) is 15.4 Å². The van der Waals surface area contributed by atoms with Crippen LogP contribution in [0.3, 0.4) is 0 Å². The molecule has 3 heterocycles. The fraction of sp³-hybridized carbons (Fsp3) is 0.800. The van der Waals surface area contributed by atoms with Crippen molar-refractivity contribution in [2.45, 2.75) is 18.1 Å². The van der Waals surface area contributed by atoms with Crippen molar-refractivity contribution in [3.05, 3.63) is 12.2 Å². The topological polar surface area (TPSA) is 86.1 Å². The van der Waals surface area contributed by atoms with Crippen molar-refractivity contribution in [1.29, 1.82) is 0 Å². The molecule has 1 aromatic rings.